The van der Waals surface area contributed by atoms with E-state index < -0.39 is 6.10 Å². The minimum Gasteiger partial charge on any atom is -0.509 e. The Labute approximate surface area is 128 Å². The molecule has 1 aliphatic heterocycles. The zero-order valence-corrected chi connectivity index (χ0v) is 12.4. The van der Waals surface area contributed by atoms with Crippen molar-refractivity contribution in [3.8, 4) is 11.2 Å². The van der Waals surface area contributed by atoms with Crippen LogP contribution in [0.1, 0.15) is 13.3 Å². The van der Waals surface area contributed by atoms with Gasteiger partial charge in [0.25, 0.3) is 0 Å². The summed E-state index contributed by atoms with van der Waals surface area (Å²) >= 11 is 1.37. The van der Waals surface area contributed by atoms with Crippen LogP contribution in [0.3, 0.4) is 0 Å². The summed E-state index contributed by atoms with van der Waals surface area (Å²) in [5, 5.41) is 12.7. The van der Waals surface area contributed by atoms with Crippen LogP contribution in [0.4, 0.5) is 0 Å². The number of esters is 1. The van der Waals surface area contributed by atoms with Crippen molar-refractivity contribution < 1.29 is 19.4 Å². The van der Waals surface area contributed by atoms with Gasteiger partial charge in [0.05, 0.1) is 6.10 Å². The Morgan fingerprint density at radius 1 is 1.48 bits per heavy atom. The summed E-state index contributed by atoms with van der Waals surface area (Å²) in [5.41, 5.74) is 0. The number of aliphatic hydroxyl groups is 1. The molecule has 110 valence electrons. The molecule has 1 N–H and O–H groups in total. The summed E-state index contributed by atoms with van der Waals surface area (Å²) in [5.74, 6) is 2.63. The predicted molar refractivity (Wildman–Crippen MR) is 80.7 cm³/mol. The lowest BCUT2D eigenvalue weighted by Crippen LogP contribution is -2.31. The molecule has 4 nitrogen and oxygen atoms in total. The quantitative estimate of drug-likeness (QED) is 0.528. The lowest BCUT2D eigenvalue weighted by molar-refractivity contribution is -0.146. The van der Waals surface area contributed by atoms with Crippen LogP contribution < -0.4 is 0 Å². The second-order valence-corrected chi connectivity index (χ2v) is 5.35. The third kappa shape index (κ3) is 5.18. The molecule has 5 heteroatoms. The Kier molecular flexibility index (Phi) is 5.73. The number of rotatable bonds is 3. The lowest BCUT2D eigenvalue weighted by atomic mass is 10.1. The molecule has 0 aromatic heterocycles. The number of benzene rings is 1. The molecule has 0 amide bonds. The van der Waals surface area contributed by atoms with Gasteiger partial charge in [0, 0.05) is 11.8 Å². The smallest absolute Gasteiger partial charge is 0.302 e. The Morgan fingerprint density at radius 2 is 2.24 bits per heavy atom. The molecule has 0 fully saturated rings. The van der Waals surface area contributed by atoms with Crippen LogP contribution in [-0.2, 0) is 14.3 Å². The normalized spacial score (nSPS) is 20.9. The molecule has 0 spiro atoms. The molecule has 2 atom stereocenters. The number of hydrogen-bond acceptors (Lipinski definition) is 5. The first-order chi connectivity index (χ1) is 10.1. The molecular formula is C16H16O4S. The van der Waals surface area contributed by atoms with Crippen molar-refractivity contribution in [3.63, 3.8) is 0 Å². The molecular weight excluding hydrogens is 288 g/mol. The van der Waals surface area contributed by atoms with Gasteiger partial charge in [-0.3, -0.25) is 4.79 Å². The average Bonchev–Trinajstić information content (AvgIpc) is 2.49. The van der Waals surface area contributed by atoms with Crippen LogP contribution >= 0.6 is 11.8 Å². The van der Waals surface area contributed by atoms with Gasteiger partial charge in [0.2, 0.25) is 0 Å². The first kappa shape index (κ1) is 15.5. The van der Waals surface area contributed by atoms with Gasteiger partial charge in [-0.15, -0.1) is 0 Å². The molecule has 0 saturated carbocycles. The number of hydrogen-bond donors (Lipinski definition) is 1. The van der Waals surface area contributed by atoms with Crippen molar-refractivity contribution in [1.82, 2.24) is 0 Å². The maximum atomic E-state index is 10.8. The average molecular weight is 304 g/mol. The minimum absolute atomic E-state index is 0.107. The Morgan fingerprint density at radius 3 is 2.95 bits per heavy atom. The van der Waals surface area contributed by atoms with Crippen LogP contribution in [0.2, 0.25) is 0 Å². The molecule has 1 aromatic carbocycles. The highest BCUT2D eigenvalue weighted by Crippen LogP contribution is 2.19. The van der Waals surface area contributed by atoms with Gasteiger partial charge in [0.1, 0.15) is 12.4 Å². The van der Waals surface area contributed by atoms with Crippen molar-refractivity contribution in [2.75, 3.05) is 6.61 Å². The molecule has 1 heterocycles. The number of thioether (sulfide) groups is 1. The fourth-order valence-corrected chi connectivity index (χ4v) is 2.31. The van der Waals surface area contributed by atoms with E-state index in [0.717, 1.165) is 4.90 Å². The number of carbonyl (C=O) groups is 1. The second-order valence-electron chi connectivity index (χ2n) is 4.47. The van der Waals surface area contributed by atoms with E-state index in [0.29, 0.717) is 6.42 Å². The molecule has 1 aromatic rings. The lowest BCUT2D eigenvalue weighted by Gasteiger charge is -2.24. The van der Waals surface area contributed by atoms with Gasteiger partial charge < -0.3 is 14.6 Å². The molecule has 21 heavy (non-hydrogen) atoms. The van der Waals surface area contributed by atoms with E-state index in [1.54, 1.807) is 6.08 Å². The van der Waals surface area contributed by atoms with Crippen molar-refractivity contribution in [2.45, 2.75) is 30.4 Å². The van der Waals surface area contributed by atoms with Gasteiger partial charge in [-0.2, -0.15) is 0 Å². The zero-order chi connectivity index (χ0) is 15.1. The molecule has 0 bridgehead atoms. The third-order valence-corrected chi connectivity index (χ3v) is 3.49. The van der Waals surface area contributed by atoms with Crippen molar-refractivity contribution in [1.29, 1.82) is 0 Å². The van der Waals surface area contributed by atoms with Gasteiger partial charge in [-0.25, -0.2) is 0 Å². The molecule has 0 saturated heterocycles. The summed E-state index contributed by atoms with van der Waals surface area (Å²) in [4.78, 5) is 11.8. The minimum atomic E-state index is -0.671. The summed E-state index contributed by atoms with van der Waals surface area (Å²) < 4.78 is 10.5. The highest BCUT2D eigenvalue weighted by Gasteiger charge is 2.23. The van der Waals surface area contributed by atoms with Gasteiger partial charge >= 0.3 is 5.97 Å². The maximum absolute atomic E-state index is 10.8. The summed E-state index contributed by atoms with van der Waals surface area (Å²) in [6, 6.07) is 9.73. The molecule has 0 unspecified atom stereocenters. The fourth-order valence-electron chi connectivity index (χ4n) is 1.73. The SMILES string of the molecule is CC(=O)OC[C@@H]1CC=C(O)[C@@H](C#CSc2ccccc2)O1. The van der Waals surface area contributed by atoms with Crippen LogP contribution in [0, 0.1) is 11.2 Å². The van der Waals surface area contributed by atoms with E-state index in [9.17, 15) is 9.90 Å². The van der Waals surface area contributed by atoms with Gasteiger partial charge in [0.15, 0.2) is 6.10 Å². The van der Waals surface area contributed by atoms with Crippen molar-refractivity contribution >= 4 is 17.7 Å². The standard InChI is InChI=1S/C16H16O4S/c1-12(17)19-11-13-7-8-15(18)16(20-13)9-10-21-14-5-3-2-4-6-14/h2-6,8,13,16,18H,7,11H2,1H3/t13-,16+/m0/s1. The number of aliphatic hydroxyl groups excluding tert-OH is 1. The second kappa shape index (κ2) is 7.77. The van der Waals surface area contributed by atoms with E-state index in [-0.39, 0.29) is 24.4 Å². The van der Waals surface area contributed by atoms with E-state index in [1.165, 1.54) is 18.7 Å². The third-order valence-electron chi connectivity index (χ3n) is 2.76. The Balaban J connectivity index is 1.91. The number of ether oxygens (including phenoxy) is 2. The zero-order valence-electron chi connectivity index (χ0n) is 11.6. The highest BCUT2D eigenvalue weighted by atomic mass is 32.2. The van der Waals surface area contributed by atoms with Crippen LogP contribution in [-0.4, -0.2) is 29.9 Å². The highest BCUT2D eigenvalue weighted by molar-refractivity contribution is 8.03. The molecule has 2 rings (SSSR count). The van der Waals surface area contributed by atoms with E-state index in [4.69, 9.17) is 9.47 Å². The van der Waals surface area contributed by atoms with Crippen LogP contribution in [0.25, 0.3) is 0 Å². The number of carbonyl (C=O) groups excluding carboxylic acids is 1. The first-order valence-corrected chi connectivity index (χ1v) is 7.37. The maximum Gasteiger partial charge on any atom is 0.302 e. The Bertz CT molecular complexity index is 571. The largest absolute Gasteiger partial charge is 0.509 e. The van der Waals surface area contributed by atoms with E-state index >= 15 is 0 Å². The molecule has 1 aliphatic rings. The Hall–Kier alpha value is -1.90. The molecule has 0 aliphatic carbocycles. The fraction of sp³-hybridized carbons (Fsp3) is 0.312. The van der Waals surface area contributed by atoms with E-state index in [1.807, 2.05) is 30.3 Å². The van der Waals surface area contributed by atoms with Gasteiger partial charge in [-0.1, -0.05) is 24.1 Å². The van der Waals surface area contributed by atoms with Crippen LogP contribution in [0.15, 0.2) is 47.1 Å². The van der Waals surface area contributed by atoms with Crippen molar-refractivity contribution in [2.24, 2.45) is 0 Å². The van der Waals surface area contributed by atoms with Gasteiger partial charge in [-0.05, 0) is 41.6 Å². The predicted octanol–water partition coefficient (Wildman–Crippen LogP) is 2.90. The summed E-state index contributed by atoms with van der Waals surface area (Å²) in [6.07, 6.45) is 1.22. The first-order valence-electron chi connectivity index (χ1n) is 6.55. The van der Waals surface area contributed by atoms with E-state index in [2.05, 4.69) is 11.2 Å². The van der Waals surface area contributed by atoms with Crippen LogP contribution in [0.5, 0.6) is 0 Å². The summed E-state index contributed by atoms with van der Waals surface area (Å²) in [6.45, 7) is 1.52. The topological polar surface area (TPSA) is 55.8 Å². The molecule has 0 radical (unpaired) electrons. The van der Waals surface area contributed by atoms with Crippen molar-refractivity contribution in [3.05, 3.63) is 42.2 Å². The monoisotopic (exact) mass is 304 g/mol. The summed E-state index contributed by atoms with van der Waals surface area (Å²) in [7, 11) is 0.